The molecule has 72 valence electrons. The van der Waals surface area contributed by atoms with E-state index in [4.69, 9.17) is 0 Å². The average molecular weight is 195 g/mol. The summed E-state index contributed by atoms with van der Waals surface area (Å²) in [5.74, 6) is 0.888. The fourth-order valence-corrected chi connectivity index (χ4v) is 2.82. The van der Waals surface area contributed by atoms with Gasteiger partial charge in [-0.1, -0.05) is 6.42 Å². The molecule has 0 bridgehead atoms. The van der Waals surface area contributed by atoms with Crippen LogP contribution in [-0.4, -0.2) is 7.05 Å². The van der Waals surface area contributed by atoms with Crippen LogP contribution in [-0.2, 0) is 0 Å². The summed E-state index contributed by atoms with van der Waals surface area (Å²) in [6, 6.07) is 2.93. The predicted octanol–water partition coefficient (Wildman–Crippen LogP) is 3.12. The Morgan fingerprint density at radius 2 is 2.31 bits per heavy atom. The Kier molecular flexibility index (Phi) is 2.70. The van der Waals surface area contributed by atoms with Gasteiger partial charge in [0.2, 0.25) is 0 Å². The zero-order valence-electron chi connectivity index (χ0n) is 8.34. The van der Waals surface area contributed by atoms with Crippen LogP contribution in [0.25, 0.3) is 0 Å². The first-order valence-electron chi connectivity index (χ1n) is 5.03. The van der Waals surface area contributed by atoms with Crippen LogP contribution in [0.1, 0.15) is 35.7 Å². The summed E-state index contributed by atoms with van der Waals surface area (Å²) in [6.07, 6.45) is 4.23. The fourth-order valence-electron chi connectivity index (χ4n) is 2.07. The first-order valence-corrected chi connectivity index (χ1v) is 5.91. The highest BCUT2D eigenvalue weighted by Crippen LogP contribution is 2.38. The molecule has 1 aliphatic carbocycles. The SMILES string of the molecule is CNC(c1csc(C)c1)C1CCC1. The van der Waals surface area contributed by atoms with Gasteiger partial charge in [-0.05, 0) is 49.7 Å². The van der Waals surface area contributed by atoms with E-state index < -0.39 is 0 Å². The van der Waals surface area contributed by atoms with E-state index >= 15 is 0 Å². The summed E-state index contributed by atoms with van der Waals surface area (Å²) in [6.45, 7) is 2.18. The molecule has 0 amide bonds. The van der Waals surface area contributed by atoms with Crippen LogP contribution >= 0.6 is 11.3 Å². The molecule has 2 rings (SSSR count). The maximum Gasteiger partial charge on any atom is 0.0354 e. The molecule has 1 aliphatic rings. The average Bonchev–Trinajstić information content (AvgIpc) is 2.43. The summed E-state index contributed by atoms with van der Waals surface area (Å²) in [5, 5.41) is 5.74. The molecule has 1 aromatic heterocycles. The van der Waals surface area contributed by atoms with Crippen LogP contribution in [0.15, 0.2) is 11.4 Å². The number of hydrogen-bond donors (Lipinski definition) is 1. The molecule has 1 N–H and O–H groups in total. The first kappa shape index (κ1) is 9.22. The lowest BCUT2D eigenvalue weighted by molar-refractivity contribution is 0.240. The van der Waals surface area contributed by atoms with Gasteiger partial charge in [0.15, 0.2) is 0 Å². The zero-order valence-corrected chi connectivity index (χ0v) is 9.16. The van der Waals surface area contributed by atoms with Gasteiger partial charge in [-0.25, -0.2) is 0 Å². The van der Waals surface area contributed by atoms with Crippen molar-refractivity contribution in [3.63, 3.8) is 0 Å². The van der Waals surface area contributed by atoms with Crippen molar-refractivity contribution in [1.29, 1.82) is 0 Å². The van der Waals surface area contributed by atoms with Crippen LogP contribution in [0.4, 0.5) is 0 Å². The van der Waals surface area contributed by atoms with E-state index in [0.717, 1.165) is 5.92 Å². The molecule has 1 unspecified atom stereocenters. The molecule has 1 saturated carbocycles. The standard InChI is InChI=1S/C11H17NS/c1-8-6-10(7-13-8)11(12-2)9-4-3-5-9/h6-7,9,11-12H,3-5H2,1-2H3. The maximum absolute atomic E-state index is 3.44. The quantitative estimate of drug-likeness (QED) is 0.781. The van der Waals surface area contributed by atoms with Crippen molar-refractivity contribution in [3.05, 3.63) is 21.9 Å². The summed E-state index contributed by atoms with van der Waals surface area (Å²) in [7, 11) is 2.08. The van der Waals surface area contributed by atoms with Crippen molar-refractivity contribution in [3.8, 4) is 0 Å². The normalized spacial score (nSPS) is 19.8. The lowest BCUT2D eigenvalue weighted by atomic mass is 9.78. The van der Waals surface area contributed by atoms with Gasteiger partial charge in [0.25, 0.3) is 0 Å². The minimum atomic E-state index is 0.610. The Morgan fingerprint density at radius 1 is 1.54 bits per heavy atom. The lowest BCUT2D eigenvalue weighted by Gasteiger charge is -2.33. The summed E-state index contributed by atoms with van der Waals surface area (Å²) < 4.78 is 0. The van der Waals surface area contributed by atoms with Gasteiger partial charge in [-0.3, -0.25) is 0 Å². The van der Waals surface area contributed by atoms with Gasteiger partial charge >= 0.3 is 0 Å². The zero-order chi connectivity index (χ0) is 9.26. The molecule has 1 atom stereocenters. The highest BCUT2D eigenvalue weighted by Gasteiger charge is 2.27. The number of rotatable bonds is 3. The van der Waals surface area contributed by atoms with Gasteiger partial charge in [-0.2, -0.15) is 0 Å². The predicted molar refractivity (Wildman–Crippen MR) is 58.2 cm³/mol. The third-order valence-electron chi connectivity index (χ3n) is 3.04. The van der Waals surface area contributed by atoms with Crippen LogP contribution in [0.5, 0.6) is 0 Å². The van der Waals surface area contributed by atoms with E-state index in [1.165, 1.54) is 29.7 Å². The molecule has 0 aliphatic heterocycles. The second-order valence-corrected chi connectivity index (χ2v) is 5.06. The van der Waals surface area contributed by atoms with Gasteiger partial charge < -0.3 is 5.32 Å². The number of hydrogen-bond acceptors (Lipinski definition) is 2. The second-order valence-electron chi connectivity index (χ2n) is 3.95. The molecule has 1 nitrogen and oxygen atoms in total. The third kappa shape index (κ3) is 1.79. The molecular formula is C11H17NS. The summed E-state index contributed by atoms with van der Waals surface area (Å²) >= 11 is 1.86. The van der Waals surface area contributed by atoms with Crippen molar-refractivity contribution in [2.45, 2.75) is 32.2 Å². The summed E-state index contributed by atoms with van der Waals surface area (Å²) in [4.78, 5) is 1.43. The molecule has 13 heavy (non-hydrogen) atoms. The van der Waals surface area contributed by atoms with Gasteiger partial charge in [0.1, 0.15) is 0 Å². The molecule has 2 heteroatoms. The lowest BCUT2D eigenvalue weighted by Crippen LogP contribution is -2.29. The number of thiophene rings is 1. The van der Waals surface area contributed by atoms with Crippen LogP contribution in [0.2, 0.25) is 0 Å². The van der Waals surface area contributed by atoms with E-state index in [0.29, 0.717) is 6.04 Å². The van der Waals surface area contributed by atoms with Crippen molar-refractivity contribution >= 4 is 11.3 Å². The Hall–Kier alpha value is -0.340. The van der Waals surface area contributed by atoms with Crippen LogP contribution in [0.3, 0.4) is 0 Å². The molecule has 0 aromatic carbocycles. The molecule has 1 aromatic rings. The van der Waals surface area contributed by atoms with Crippen molar-refractivity contribution in [2.75, 3.05) is 7.05 Å². The minimum Gasteiger partial charge on any atom is -0.313 e. The molecule has 0 radical (unpaired) electrons. The van der Waals surface area contributed by atoms with Gasteiger partial charge in [0, 0.05) is 10.9 Å². The van der Waals surface area contributed by atoms with E-state index in [9.17, 15) is 0 Å². The molecule has 0 saturated heterocycles. The minimum absolute atomic E-state index is 0.610. The Labute approximate surface area is 84.2 Å². The molecule has 0 spiro atoms. The number of aryl methyl sites for hydroxylation is 1. The van der Waals surface area contributed by atoms with E-state index in [1.54, 1.807) is 0 Å². The van der Waals surface area contributed by atoms with E-state index in [-0.39, 0.29) is 0 Å². The monoisotopic (exact) mass is 195 g/mol. The Bertz CT molecular complexity index is 275. The van der Waals surface area contributed by atoms with Crippen LogP contribution < -0.4 is 5.32 Å². The highest BCUT2D eigenvalue weighted by atomic mass is 32.1. The fraction of sp³-hybridized carbons (Fsp3) is 0.636. The van der Waals surface area contributed by atoms with Crippen molar-refractivity contribution < 1.29 is 0 Å². The third-order valence-corrected chi connectivity index (χ3v) is 3.92. The maximum atomic E-state index is 3.44. The second kappa shape index (κ2) is 3.81. The Morgan fingerprint density at radius 3 is 2.69 bits per heavy atom. The smallest absolute Gasteiger partial charge is 0.0354 e. The van der Waals surface area contributed by atoms with Crippen molar-refractivity contribution in [2.24, 2.45) is 5.92 Å². The molecule has 1 fully saturated rings. The largest absolute Gasteiger partial charge is 0.313 e. The van der Waals surface area contributed by atoms with Gasteiger partial charge in [-0.15, -0.1) is 11.3 Å². The van der Waals surface area contributed by atoms with Gasteiger partial charge in [0.05, 0.1) is 0 Å². The van der Waals surface area contributed by atoms with E-state index in [1.807, 2.05) is 11.3 Å². The molecule has 1 heterocycles. The van der Waals surface area contributed by atoms with E-state index in [2.05, 4.69) is 30.7 Å². The Balaban J connectivity index is 2.11. The summed E-state index contributed by atoms with van der Waals surface area (Å²) in [5.41, 5.74) is 1.50. The van der Waals surface area contributed by atoms with Crippen LogP contribution in [0, 0.1) is 12.8 Å². The molecular weight excluding hydrogens is 178 g/mol. The number of nitrogens with one attached hydrogen (secondary N) is 1. The first-order chi connectivity index (χ1) is 6.31. The highest BCUT2D eigenvalue weighted by molar-refractivity contribution is 7.10. The topological polar surface area (TPSA) is 12.0 Å². The van der Waals surface area contributed by atoms with Crippen molar-refractivity contribution in [1.82, 2.24) is 5.32 Å².